The number of aliphatic carboxylic acids is 1. The number of alkyl carbamates (subject to hydrolysis) is 1. The molecule has 0 aliphatic carbocycles. The third-order valence-electron chi connectivity index (χ3n) is 6.09. The minimum atomic E-state index is -1.22. The number of carboxylic acid groups (broad SMARTS) is 1. The zero-order valence-corrected chi connectivity index (χ0v) is 24.5. The number of aromatic nitrogens is 4. The van der Waals surface area contributed by atoms with Gasteiger partial charge in [-0.1, -0.05) is 60.7 Å². The van der Waals surface area contributed by atoms with Gasteiger partial charge in [0.2, 0.25) is 5.91 Å². The van der Waals surface area contributed by atoms with Crippen molar-refractivity contribution >= 4 is 41.0 Å². The number of anilines is 1. The number of ether oxygens (including phenoxy) is 2. The van der Waals surface area contributed by atoms with E-state index in [9.17, 15) is 24.3 Å². The number of carbonyl (C=O) groups is 4. The molecule has 0 aliphatic rings. The molecule has 4 aromatic rings. The Balaban J connectivity index is 1.45. The molecule has 230 valence electrons. The van der Waals surface area contributed by atoms with Crippen LogP contribution in [-0.4, -0.2) is 78.8 Å². The van der Waals surface area contributed by atoms with Crippen LogP contribution < -0.4 is 10.6 Å². The van der Waals surface area contributed by atoms with E-state index < -0.39 is 42.3 Å². The molecule has 2 aromatic carbocycles. The first-order valence-electron chi connectivity index (χ1n) is 13.7. The molecule has 4 rings (SSSR count). The van der Waals surface area contributed by atoms with E-state index in [1.54, 1.807) is 20.8 Å². The van der Waals surface area contributed by atoms with E-state index in [1.807, 2.05) is 60.7 Å². The van der Waals surface area contributed by atoms with Gasteiger partial charge in [-0.05, 0) is 31.9 Å². The van der Waals surface area contributed by atoms with Gasteiger partial charge < -0.3 is 29.4 Å². The van der Waals surface area contributed by atoms with Crippen molar-refractivity contribution in [2.45, 2.75) is 39.0 Å². The fourth-order valence-corrected chi connectivity index (χ4v) is 4.21. The topological polar surface area (TPSA) is 178 Å². The molecule has 2 aromatic heterocycles. The summed E-state index contributed by atoms with van der Waals surface area (Å²) in [6, 6.07) is 18.6. The van der Waals surface area contributed by atoms with Gasteiger partial charge in [-0.2, -0.15) is 0 Å². The summed E-state index contributed by atoms with van der Waals surface area (Å²) >= 11 is 0. The van der Waals surface area contributed by atoms with Gasteiger partial charge in [0.1, 0.15) is 25.0 Å². The number of imidazole rings is 1. The molecular weight excluding hydrogens is 570 g/mol. The number of benzene rings is 2. The van der Waals surface area contributed by atoms with Gasteiger partial charge in [-0.25, -0.2) is 24.5 Å². The van der Waals surface area contributed by atoms with Crippen LogP contribution in [0.5, 0.6) is 0 Å². The maximum Gasteiger partial charge on any atom is 0.413 e. The van der Waals surface area contributed by atoms with E-state index in [-0.39, 0.29) is 36.6 Å². The van der Waals surface area contributed by atoms with E-state index in [4.69, 9.17) is 9.47 Å². The molecule has 44 heavy (non-hydrogen) atoms. The summed E-state index contributed by atoms with van der Waals surface area (Å²) in [5, 5.41) is 14.4. The molecule has 0 spiro atoms. The predicted octanol–water partition coefficient (Wildman–Crippen LogP) is 3.60. The molecule has 0 atom stereocenters. The normalized spacial score (nSPS) is 11.2. The highest BCUT2D eigenvalue weighted by atomic mass is 16.6. The second kappa shape index (κ2) is 14.1. The molecular formula is C30H33N7O7. The van der Waals surface area contributed by atoms with E-state index in [1.165, 1.54) is 17.2 Å². The summed E-state index contributed by atoms with van der Waals surface area (Å²) in [4.78, 5) is 63.1. The Kier molecular flexibility index (Phi) is 10.1. The van der Waals surface area contributed by atoms with E-state index in [0.29, 0.717) is 0 Å². The third kappa shape index (κ3) is 8.74. The van der Waals surface area contributed by atoms with Crippen molar-refractivity contribution in [3.05, 3.63) is 84.4 Å². The zero-order valence-electron chi connectivity index (χ0n) is 24.5. The van der Waals surface area contributed by atoms with Gasteiger partial charge in [-0.15, -0.1) is 0 Å². The number of rotatable bonds is 11. The summed E-state index contributed by atoms with van der Waals surface area (Å²) in [6.07, 6.45) is 0.387. The number of hydrogen-bond donors (Lipinski definition) is 3. The maximum atomic E-state index is 13.1. The maximum absolute atomic E-state index is 13.1. The summed E-state index contributed by atoms with van der Waals surface area (Å²) in [7, 11) is 0. The van der Waals surface area contributed by atoms with Crippen LogP contribution in [0.3, 0.4) is 0 Å². The molecule has 14 heteroatoms. The number of nitrogens with zero attached hydrogens (tertiary/aromatic N) is 5. The van der Waals surface area contributed by atoms with Gasteiger partial charge in [0.05, 0.1) is 6.33 Å². The first-order valence-corrected chi connectivity index (χ1v) is 13.7. The minimum absolute atomic E-state index is 0.0239. The Labute approximate surface area is 253 Å². The number of fused-ring (bicyclic) bond motifs is 1. The quantitative estimate of drug-likeness (QED) is 0.229. The van der Waals surface area contributed by atoms with Crippen molar-refractivity contribution in [2.75, 3.05) is 25.0 Å². The second-order valence-electron chi connectivity index (χ2n) is 10.6. The molecule has 0 saturated carbocycles. The third-order valence-corrected chi connectivity index (χ3v) is 6.09. The monoisotopic (exact) mass is 603 g/mol. The molecule has 2 heterocycles. The average molecular weight is 604 g/mol. The number of amides is 3. The highest BCUT2D eigenvalue weighted by Gasteiger charge is 2.23. The Bertz CT molecular complexity index is 1570. The molecule has 3 amide bonds. The molecule has 0 unspecified atom stereocenters. The number of hydrogen-bond acceptors (Lipinski definition) is 9. The Morgan fingerprint density at radius 3 is 2.16 bits per heavy atom. The summed E-state index contributed by atoms with van der Waals surface area (Å²) in [5.41, 5.74) is 1.27. The van der Waals surface area contributed by atoms with E-state index >= 15 is 0 Å². The number of carboxylic acids is 1. The van der Waals surface area contributed by atoms with Crippen molar-refractivity contribution in [1.29, 1.82) is 0 Å². The van der Waals surface area contributed by atoms with Crippen molar-refractivity contribution in [3.8, 4) is 0 Å². The SMILES string of the molecule is CC(C)(C)OC(=O)NCCN(CC(=O)O)C(=O)Cn1cnc2c(NC(=O)OC(c3ccccc3)c3ccccc3)ncnc21. The molecule has 0 bridgehead atoms. The zero-order chi connectivity index (χ0) is 31.7. The van der Waals surface area contributed by atoms with E-state index in [0.717, 1.165) is 16.0 Å². The first kappa shape index (κ1) is 31.4. The highest BCUT2D eigenvalue weighted by Crippen LogP contribution is 2.27. The van der Waals surface area contributed by atoms with Gasteiger partial charge in [0.25, 0.3) is 0 Å². The van der Waals surface area contributed by atoms with Crippen LogP contribution >= 0.6 is 0 Å². The van der Waals surface area contributed by atoms with Gasteiger partial charge in [0.15, 0.2) is 23.1 Å². The van der Waals surface area contributed by atoms with E-state index in [2.05, 4.69) is 25.6 Å². The molecule has 0 radical (unpaired) electrons. The first-order chi connectivity index (χ1) is 21.0. The molecule has 0 aliphatic heterocycles. The standard InChI is InChI=1S/C30H33N7O7/c1-30(2,3)44-28(41)31-14-15-36(17-23(39)40)22(38)16-37-19-34-24-26(32-18-33-27(24)37)35-29(42)43-25(20-10-6-4-7-11-20)21-12-8-5-9-13-21/h4-13,18-19,25H,14-17H2,1-3H3,(H,31,41)(H,39,40)(H,32,33,35,42). The van der Waals surface area contributed by atoms with Gasteiger partial charge in [-0.3, -0.25) is 14.9 Å². The van der Waals surface area contributed by atoms with Crippen molar-refractivity contribution in [1.82, 2.24) is 29.7 Å². The highest BCUT2D eigenvalue weighted by molar-refractivity contribution is 5.94. The lowest BCUT2D eigenvalue weighted by Gasteiger charge is -2.23. The van der Waals surface area contributed by atoms with Crippen LogP contribution in [0.1, 0.15) is 38.0 Å². The Morgan fingerprint density at radius 1 is 0.932 bits per heavy atom. The van der Waals surface area contributed by atoms with Crippen LogP contribution in [0, 0.1) is 0 Å². The van der Waals surface area contributed by atoms with Crippen molar-refractivity contribution in [3.63, 3.8) is 0 Å². The number of nitrogens with one attached hydrogen (secondary N) is 2. The summed E-state index contributed by atoms with van der Waals surface area (Å²) in [5.74, 6) is -1.71. The lowest BCUT2D eigenvalue weighted by molar-refractivity contribution is -0.144. The predicted molar refractivity (Wildman–Crippen MR) is 159 cm³/mol. The van der Waals surface area contributed by atoms with Crippen LogP contribution in [0.2, 0.25) is 0 Å². The Morgan fingerprint density at radius 2 is 1.57 bits per heavy atom. The number of carbonyl (C=O) groups excluding carboxylic acids is 3. The minimum Gasteiger partial charge on any atom is -0.480 e. The summed E-state index contributed by atoms with van der Waals surface area (Å²) < 4.78 is 12.4. The lowest BCUT2D eigenvalue weighted by Crippen LogP contribution is -2.43. The van der Waals surface area contributed by atoms with Crippen LogP contribution in [-0.2, 0) is 25.6 Å². The van der Waals surface area contributed by atoms with Crippen LogP contribution in [0.15, 0.2) is 73.3 Å². The molecule has 14 nitrogen and oxygen atoms in total. The van der Waals surface area contributed by atoms with Gasteiger partial charge >= 0.3 is 18.2 Å². The molecule has 3 N–H and O–H groups in total. The lowest BCUT2D eigenvalue weighted by atomic mass is 10.0. The molecule has 0 saturated heterocycles. The van der Waals surface area contributed by atoms with Crippen LogP contribution in [0.25, 0.3) is 11.2 Å². The van der Waals surface area contributed by atoms with Gasteiger partial charge in [0, 0.05) is 13.1 Å². The average Bonchev–Trinajstić information content (AvgIpc) is 3.38. The van der Waals surface area contributed by atoms with Crippen molar-refractivity contribution in [2.24, 2.45) is 0 Å². The smallest absolute Gasteiger partial charge is 0.413 e. The fraction of sp³-hybridized carbons (Fsp3) is 0.300. The Hall–Kier alpha value is -5.53. The largest absolute Gasteiger partial charge is 0.480 e. The molecule has 0 fully saturated rings. The second-order valence-corrected chi connectivity index (χ2v) is 10.6. The summed E-state index contributed by atoms with van der Waals surface area (Å²) in [6.45, 7) is 4.14. The van der Waals surface area contributed by atoms with Crippen LogP contribution in [0.4, 0.5) is 15.4 Å². The fourth-order valence-electron chi connectivity index (χ4n) is 4.21. The van der Waals surface area contributed by atoms with Crippen molar-refractivity contribution < 1.29 is 33.8 Å².